The standard InChI is InChI=1S/C25H32N2O5S.C2H6/c28-24(19-21-5-2-1-3-6-21)23-9-8-22(7-4-10-26-11-15-31-16-12-26)25(20-23)33(29,30)27-13-17-32-18-14-27;1-2/h1-3,5-6,8-9,20H,4,7,10-19H2;1-2H3. The van der Waals surface area contributed by atoms with E-state index in [1.165, 1.54) is 4.31 Å². The number of sulfonamides is 1. The minimum absolute atomic E-state index is 0.0838. The molecule has 0 spiro atoms. The Kier molecular flexibility index (Phi) is 10.9. The van der Waals surface area contributed by atoms with Gasteiger partial charge in [-0.1, -0.05) is 56.3 Å². The third-order valence-electron chi connectivity index (χ3n) is 6.21. The second kappa shape index (κ2) is 13.8. The van der Waals surface area contributed by atoms with Crippen LogP contribution in [-0.4, -0.2) is 82.6 Å². The molecule has 8 heteroatoms. The summed E-state index contributed by atoms with van der Waals surface area (Å²) in [6.45, 7) is 9.64. The molecule has 0 unspecified atom stereocenters. The summed E-state index contributed by atoms with van der Waals surface area (Å²) in [4.78, 5) is 15.6. The van der Waals surface area contributed by atoms with Crippen LogP contribution in [0.1, 0.15) is 41.8 Å². The van der Waals surface area contributed by atoms with E-state index in [9.17, 15) is 13.2 Å². The zero-order valence-electron chi connectivity index (χ0n) is 20.9. The Morgan fingerprint density at radius 1 is 0.886 bits per heavy atom. The Morgan fingerprint density at radius 2 is 1.51 bits per heavy atom. The molecule has 0 aliphatic carbocycles. The molecule has 0 amide bonds. The number of ketones is 1. The van der Waals surface area contributed by atoms with Crippen molar-refractivity contribution < 1.29 is 22.7 Å². The third kappa shape index (κ3) is 7.69. The maximum atomic E-state index is 13.5. The summed E-state index contributed by atoms with van der Waals surface area (Å²) in [5.41, 5.74) is 2.11. The summed E-state index contributed by atoms with van der Waals surface area (Å²) in [5.74, 6) is -0.0838. The molecular formula is C27H38N2O5S. The average molecular weight is 503 g/mol. The van der Waals surface area contributed by atoms with Gasteiger partial charge in [0.2, 0.25) is 10.0 Å². The first-order valence-corrected chi connectivity index (χ1v) is 14.1. The molecule has 4 rings (SSSR count). The van der Waals surface area contributed by atoms with Crippen LogP contribution in [0.3, 0.4) is 0 Å². The molecule has 2 aromatic carbocycles. The number of ether oxygens (including phenoxy) is 2. The molecule has 0 radical (unpaired) electrons. The molecule has 2 aromatic rings. The van der Waals surface area contributed by atoms with Crippen molar-refractivity contribution in [2.45, 2.75) is 38.0 Å². The van der Waals surface area contributed by atoms with Crippen LogP contribution in [0, 0.1) is 0 Å². The Balaban J connectivity index is 0.00000167. The maximum Gasteiger partial charge on any atom is 0.243 e. The van der Waals surface area contributed by atoms with E-state index in [-0.39, 0.29) is 17.1 Å². The molecule has 2 aliphatic heterocycles. The Hall–Kier alpha value is -2.10. The lowest BCUT2D eigenvalue weighted by molar-refractivity contribution is 0.0374. The highest BCUT2D eigenvalue weighted by Gasteiger charge is 2.29. The van der Waals surface area contributed by atoms with Crippen molar-refractivity contribution in [3.05, 3.63) is 65.2 Å². The predicted molar refractivity (Wildman–Crippen MR) is 137 cm³/mol. The summed E-state index contributed by atoms with van der Waals surface area (Å²) < 4.78 is 39.3. The van der Waals surface area contributed by atoms with Crippen molar-refractivity contribution in [1.82, 2.24) is 9.21 Å². The molecule has 35 heavy (non-hydrogen) atoms. The van der Waals surface area contributed by atoms with Crippen LogP contribution in [0.25, 0.3) is 0 Å². The van der Waals surface area contributed by atoms with Crippen molar-refractivity contribution in [2.24, 2.45) is 0 Å². The number of hydrogen-bond acceptors (Lipinski definition) is 6. The highest BCUT2D eigenvalue weighted by molar-refractivity contribution is 7.89. The monoisotopic (exact) mass is 502 g/mol. The van der Waals surface area contributed by atoms with Crippen LogP contribution in [-0.2, 0) is 32.3 Å². The Morgan fingerprint density at radius 3 is 2.17 bits per heavy atom. The molecule has 0 atom stereocenters. The number of nitrogens with zero attached hydrogens (tertiary/aromatic N) is 2. The molecule has 2 saturated heterocycles. The number of hydrogen-bond donors (Lipinski definition) is 0. The van der Waals surface area contributed by atoms with Crippen molar-refractivity contribution >= 4 is 15.8 Å². The minimum atomic E-state index is -3.71. The van der Waals surface area contributed by atoms with Gasteiger partial charge in [0, 0.05) is 38.2 Å². The van der Waals surface area contributed by atoms with E-state index < -0.39 is 10.0 Å². The fourth-order valence-electron chi connectivity index (χ4n) is 4.30. The zero-order chi connectivity index (χ0) is 25.1. The molecule has 192 valence electrons. The zero-order valence-corrected chi connectivity index (χ0v) is 21.8. The number of benzene rings is 2. The SMILES string of the molecule is CC.O=C(Cc1ccccc1)c1ccc(CCCN2CCOCC2)c(S(=O)(=O)N2CCOCC2)c1. The Labute approximate surface area is 210 Å². The van der Waals surface area contributed by atoms with E-state index in [2.05, 4.69) is 4.90 Å². The summed E-state index contributed by atoms with van der Waals surface area (Å²) in [6.07, 6.45) is 1.74. The van der Waals surface area contributed by atoms with Gasteiger partial charge >= 0.3 is 0 Å². The largest absolute Gasteiger partial charge is 0.379 e. The minimum Gasteiger partial charge on any atom is -0.379 e. The van der Waals surface area contributed by atoms with Gasteiger partial charge in [-0.15, -0.1) is 0 Å². The topological polar surface area (TPSA) is 76.2 Å². The molecule has 2 aliphatic rings. The van der Waals surface area contributed by atoms with Gasteiger partial charge in [0.15, 0.2) is 5.78 Å². The summed E-state index contributed by atoms with van der Waals surface area (Å²) in [6, 6.07) is 14.7. The molecule has 0 saturated carbocycles. The number of carbonyl (C=O) groups excluding carboxylic acids is 1. The van der Waals surface area contributed by atoms with Crippen LogP contribution < -0.4 is 0 Å². The first-order valence-electron chi connectivity index (χ1n) is 12.6. The van der Waals surface area contributed by atoms with Crippen LogP contribution in [0.2, 0.25) is 0 Å². The van der Waals surface area contributed by atoms with Crippen LogP contribution in [0.5, 0.6) is 0 Å². The van der Waals surface area contributed by atoms with E-state index in [0.29, 0.717) is 38.3 Å². The smallest absolute Gasteiger partial charge is 0.243 e. The van der Waals surface area contributed by atoms with E-state index in [1.54, 1.807) is 12.1 Å². The first-order chi connectivity index (χ1) is 17.0. The van der Waals surface area contributed by atoms with Gasteiger partial charge in [0.05, 0.1) is 31.3 Å². The fourth-order valence-corrected chi connectivity index (χ4v) is 5.99. The summed E-state index contributed by atoms with van der Waals surface area (Å²) in [5, 5.41) is 0. The van der Waals surface area contributed by atoms with Gasteiger partial charge in [0.1, 0.15) is 0 Å². The van der Waals surface area contributed by atoms with E-state index in [4.69, 9.17) is 9.47 Å². The number of Topliss-reactive ketones (excluding diaryl/α,β-unsaturated/α-hetero) is 1. The molecular weight excluding hydrogens is 464 g/mol. The molecule has 0 bridgehead atoms. The molecule has 0 N–H and O–H groups in total. The van der Waals surface area contributed by atoms with Gasteiger partial charge in [0.25, 0.3) is 0 Å². The van der Waals surface area contributed by atoms with Crippen molar-refractivity contribution in [1.29, 1.82) is 0 Å². The highest BCUT2D eigenvalue weighted by atomic mass is 32.2. The van der Waals surface area contributed by atoms with E-state index in [1.807, 2.05) is 50.2 Å². The number of rotatable bonds is 9. The quantitative estimate of drug-likeness (QED) is 0.489. The maximum absolute atomic E-state index is 13.5. The normalized spacial score (nSPS) is 17.4. The molecule has 7 nitrogen and oxygen atoms in total. The lowest BCUT2D eigenvalue weighted by atomic mass is 10.0. The summed E-state index contributed by atoms with van der Waals surface area (Å²) in [7, 11) is -3.71. The average Bonchev–Trinajstić information content (AvgIpc) is 2.91. The van der Waals surface area contributed by atoms with Gasteiger partial charge in [-0.25, -0.2) is 8.42 Å². The third-order valence-corrected chi connectivity index (χ3v) is 8.19. The number of carbonyl (C=O) groups is 1. The van der Waals surface area contributed by atoms with E-state index >= 15 is 0 Å². The lowest BCUT2D eigenvalue weighted by Crippen LogP contribution is -2.41. The second-order valence-corrected chi connectivity index (χ2v) is 10.4. The van der Waals surface area contributed by atoms with Crippen molar-refractivity contribution in [3.8, 4) is 0 Å². The number of morpholine rings is 2. The lowest BCUT2D eigenvalue weighted by Gasteiger charge is -2.28. The van der Waals surface area contributed by atoms with Gasteiger partial charge in [-0.05, 0) is 36.6 Å². The predicted octanol–water partition coefficient (Wildman–Crippen LogP) is 3.42. The van der Waals surface area contributed by atoms with Gasteiger partial charge in [-0.2, -0.15) is 4.31 Å². The highest BCUT2D eigenvalue weighted by Crippen LogP contribution is 2.25. The summed E-state index contributed by atoms with van der Waals surface area (Å²) >= 11 is 0. The van der Waals surface area contributed by atoms with E-state index in [0.717, 1.165) is 50.4 Å². The fraction of sp³-hybridized carbons (Fsp3) is 0.519. The first kappa shape index (κ1) is 27.5. The molecule has 2 fully saturated rings. The van der Waals surface area contributed by atoms with Crippen LogP contribution >= 0.6 is 0 Å². The Bertz CT molecular complexity index is 1030. The van der Waals surface area contributed by atoms with Crippen LogP contribution in [0.15, 0.2) is 53.4 Å². The molecule has 2 heterocycles. The second-order valence-electron chi connectivity index (χ2n) is 8.48. The van der Waals surface area contributed by atoms with Gasteiger partial charge < -0.3 is 9.47 Å². The van der Waals surface area contributed by atoms with Crippen LogP contribution in [0.4, 0.5) is 0 Å². The molecule has 0 aromatic heterocycles. The van der Waals surface area contributed by atoms with Crippen molar-refractivity contribution in [2.75, 3.05) is 59.2 Å². The van der Waals surface area contributed by atoms with Gasteiger partial charge in [-0.3, -0.25) is 9.69 Å². The number of aryl methyl sites for hydroxylation is 1. The van der Waals surface area contributed by atoms with Crippen molar-refractivity contribution in [3.63, 3.8) is 0 Å².